The number of nitrogens with zero attached hydrogens (tertiary/aromatic N) is 2. The van der Waals surface area contributed by atoms with Crippen molar-refractivity contribution in [2.24, 2.45) is 0 Å². The van der Waals surface area contributed by atoms with Crippen LogP contribution in [0.4, 0.5) is 5.69 Å². The van der Waals surface area contributed by atoms with E-state index in [1.165, 1.54) is 0 Å². The lowest BCUT2D eigenvalue weighted by molar-refractivity contribution is -0.139. The first-order valence-corrected chi connectivity index (χ1v) is 11.4. The molecule has 10 heteroatoms. The van der Waals surface area contributed by atoms with Crippen molar-refractivity contribution in [1.82, 2.24) is 9.80 Å². The lowest BCUT2D eigenvalue weighted by Crippen LogP contribution is -2.39. The number of aliphatic carboxylic acids is 1. The van der Waals surface area contributed by atoms with Crippen LogP contribution in [0.3, 0.4) is 0 Å². The highest BCUT2D eigenvalue weighted by molar-refractivity contribution is 5.95. The first-order chi connectivity index (χ1) is 16.8. The van der Waals surface area contributed by atoms with Gasteiger partial charge in [-0.25, -0.2) is 4.79 Å². The van der Waals surface area contributed by atoms with Crippen LogP contribution in [0, 0.1) is 0 Å². The normalized spacial score (nSPS) is 18.2. The fourth-order valence-electron chi connectivity index (χ4n) is 4.34. The number of likely N-dealkylation sites (N-methyl/N-ethyl adjacent to an activating group) is 1. The van der Waals surface area contributed by atoms with Gasteiger partial charge in [-0.15, -0.1) is 0 Å². The largest absolute Gasteiger partial charge is 0.482 e. The molecule has 3 N–H and O–H groups in total. The van der Waals surface area contributed by atoms with Gasteiger partial charge in [-0.2, -0.15) is 0 Å². The predicted molar refractivity (Wildman–Crippen MR) is 126 cm³/mol. The molecule has 0 spiro atoms. The fourth-order valence-corrected chi connectivity index (χ4v) is 4.34. The Bertz CT molecular complexity index is 1110. The van der Waals surface area contributed by atoms with Crippen LogP contribution in [0.1, 0.15) is 23.6 Å². The Labute approximate surface area is 203 Å². The second-order valence-corrected chi connectivity index (χ2v) is 8.82. The summed E-state index contributed by atoms with van der Waals surface area (Å²) < 4.78 is 10.7. The number of carbonyl (C=O) groups excluding carboxylic acids is 2. The third-order valence-electron chi connectivity index (χ3n) is 6.18. The van der Waals surface area contributed by atoms with Crippen molar-refractivity contribution in [3.05, 3.63) is 53.6 Å². The number of rotatable bonds is 9. The molecule has 4 rings (SSSR count). The van der Waals surface area contributed by atoms with Crippen molar-refractivity contribution in [1.29, 1.82) is 0 Å². The number of amides is 2. The maximum atomic E-state index is 13.3. The van der Waals surface area contributed by atoms with Crippen LogP contribution in [0.25, 0.3) is 0 Å². The van der Waals surface area contributed by atoms with Crippen LogP contribution in [0.15, 0.2) is 42.5 Å². The Balaban J connectivity index is 1.53. The van der Waals surface area contributed by atoms with E-state index in [2.05, 4.69) is 10.2 Å². The number of nitrogens with one attached hydrogen (secondary N) is 1. The molecule has 186 valence electrons. The van der Waals surface area contributed by atoms with E-state index in [0.717, 1.165) is 17.7 Å². The number of benzene rings is 2. The Kier molecular flexibility index (Phi) is 7.52. The summed E-state index contributed by atoms with van der Waals surface area (Å²) in [4.78, 5) is 39.6. The Hall–Kier alpha value is -3.63. The minimum atomic E-state index is -1.07. The summed E-state index contributed by atoms with van der Waals surface area (Å²) in [6.45, 7) is 1.27. The molecule has 2 aliphatic rings. The molecule has 0 aromatic heterocycles. The number of hydrogen-bond donors (Lipinski definition) is 3. The third kappa shape index (κ3) is 6.28. The highest BCUT2D eigenvalue weighted by Crippen LogP contribution is 2.30. The quantitative estimate of drug-likeness (QED) is 0.487. The molecule has 0 saturated carbocycles. The van der Waals surface area contributed by atoms with Crippen molar-refractivity contribution in [3.8, 4) is 11.5 Å². The molecule has 2 aliphatic heterocycles. The molecule has 1 fully saturated rings. The zero-order valence-electron chi connectivity index (χ0n) is 19.5. The summed E-state index contributed by atoms with van der Waals surface area (Å²) in [6, 6.07) is 12.0. The second kappa shape index (κ2) is 10.7. The Morgan fingerprint density at radius 1 is 1.29 bits per heavy atom. The van der Waals surface area contributed by atoms with E-state index in [1.54, 1.807) is 48.3 Å². The number of β-amino-alcohol motifs (C(OH)–C–C–N with tert-alkyl or cyclic N) is 1. The number of aliphatic hydroxyl groups is 1. The smallest absolute Gasteiger partial charge is 0.341 e. The van der Waals surface area contributed by atoms with Gasteiger partial charge in [-0.1, -0.05) is 18.2 Å². The van der Waals surface area contributed by atoms with E-state index in [9.17, 15) is 19.5 Å². The number of ether oxygens (including phenoxy) is 2. The second-order valence-electron chi connectivity index (χ2n) is 8.82. The van der Waals surface area contributed by atoms with E-state index in [0.29, 0.717) is 36.7 Å². The van der Waals surface area contributed by atoms with Gasteiger partial charge in [-0.3, -0.25) is 14.5 Å². The van der Waals surface area contributed by atoms with Crippen LogP contribution in [0.5, 0.6) is 11.5 Å². The average molecular weight is 484 g/mol. The number of aliphatic hydroxyl groups excluding tert-OH is 1. The number of anilines is 1. The molecule has 2 aromatic rings. The van der Waals surface area contributed by atoms with Crippen molar-refractivity contribution in [2.45, 2.75) is 25.0 Å². The molecule has 2 heterocycles. The molecule has 35 heavy (non-hydrogen) atoms. The molecule has 0 bridgehead atoms. The summed E-state index contributed by atoms with van der Waals surface area (Å²) in [6.07, 6.45) is 0.401. The maximum absolute atomic E-state index is 13.3. The number of carboxylic acids is 1. The van der Waals surface area contributed by atoms with Gasteiger partial charge in [0, 0.05) is 26.7 Å². The maximum Gasteiger partial charge on any atom is 0.341 e. The minimum Gasteiger partial charge on any atom is -0.482 e. The zero-order valence-corrected chi connectivity index (χ0v) is 19.5. The highest BCUT2D eigenvalue weighted by Gasteiger charge is 2.29. The molecular formula is C25H29N3O7. The molecule has 2 amide bonds. The van der Waals surface area contributed by atoms with Crippen LogP contribution < -0.4 is 14.8 Å². The van der Waals surface area contributed by atoms with Gasteiger partial charge in [0.15, 0.2) is 13.2 Å². The monoisotopic (exact) mass is 483 g/mol. The van der Waals surface area contributed by atoms with Gasteiger partial charge in [-0.05, 0) is 41.8 Å². The van der Waals surface area contributed by atoms with Gasteiger partial charge >= 0.3 is 5.97 Å². The minimum absolute atomic E-state index is 0.0316. The number of fused-ring (bicyclic) bond motifs is 1. The average Bonchev–Trinajstić information content (AvgIpc) is 3.25. The van der Waals surface area contributed by atoms with Gasteiger partial charge in [0.2, 0.25) is 5.91 Å². The molecule has 1 saturated heterocycles. The Morgan fingerprint density at radius 3 is 2.86 bits per heavy atom. The summed E-state index contributed by atoms with van der Waals surface area (Å²) in [5.41, 5.74) is 2.08. The SMILES string of the molecule is CN(C(=O)Cc1ccc2c(c1)NC(=O)CO2)[C@H](CN1CCC(O)C1)c1cccc(OCC(=O)O)c1. The molecule has 2 atom stereocenters. The van der Waals surface area contributed by atoms with E-state index in [4.69, 9.17) is 14.6 Å². The summed E-state index contributed by atoms with van der Waals surface area (Å²) >= 11 is 0. The number of likely N-dealkylation sites (tertiary alicyclic amines) is 1. The topological polar surface area (TPSA) is 129 Å². The number of carbonyl (C=O) groups is 3. The van der Waals surface area contributed by atoms with Crippen LogP contribution in [-0.2, 0) is 20.8 Å². The summed E-state index contributed by atoms with van der Waals surface area (Å²) in [5, 5.41) is 21.6. The molecular weight excluding hydrogens is 454 g/mol. The van der Waals surface area contributed by atoms with Crippen molar-refractivity contribution >= 4 is 23.5 Å². The van der Waals surface area contributed by atoms with Gasteiger partial charge < -0.3 is 29.9 Å². The molecule has 0 radical (unpaired) electrons. The number of carboxylic acid groups (broad SMARTS) is 1. The van der Waals surface area contributed by atoms with Crippen LogP contribution >= 0.6 is 0 Å². The third-order valence-corrected chi connectivity index (χ3v) is 6.18. The summed E-state index contributed by atoms with van der Waals surface area (Å²) in [7, 11) is 1.73. The standard InChI is InChI=1S/C25H29N3O7/c1-27(24(31)10-16-5-6-22-20(9-16)26-23(30)14-35-22)21(13-28-8-7-18(29)12-28)17-3-2-4-19(11-17)34-15-25(32)33/h2-6,9,11,18,21,29H,7-8,10,12-15H2,1H3,(H,26,30)(H,32,33)/t18?,21-/m1/s1. The lowest BCUT2D eigenvalue weighted by atomic mass is 10.0. The van der Waals surface area contributed by atoms with Gasteiger partial charge in [0.1, 0.15) is 11.5 Å². The first kappa shape index (κ1) is 24.5. The zero-order chi connectivity index (χ0) is 24.9. The van der Waals surface area contributed by atoms with E-state index in [1.807, 2.05) is 6.07 Å². The summed E-state index contributed by atoms with van der Waals surface area (Å²) in [5.74, 6) is -0.470. The highest BCUT2D eigenvalue weighted by atomic mass is 16.5. The van der Waals surface area contributed by atoms with Crippen LogP contribution in [0.2, 0.25) is 0 Å². The van der Waals surface area contributed by atoms with Crippen molar-refractivity contribution in [3.63, 3.8) is 0 Å². The van der Waals surface area contributed by atoms with Crippen molar-refractivity contribution < 1.29 is 34.1 Å². The Morgan fingerprint density at radius 2 is 2.11 bits per heavy atom. The van der Waals surface area contributed by atoms with E-state index in [-0.39, 0.29) is 30.9 Å². The van der Waals surface area contributed by atoms with E-state index >= 15 is 0 Å². The lowest BCUT2D eigenvalue weighted by Gasteiger charge is -2.32. The number of hydrogen-bond acceptors (Lipinski definition) is 7. The predicted octanol–water partition coefficient (Wildman–Crippen LogP) is 1.29. The van der Waals surface area contributed by atoms with Gasteiger partial charge in [0.25, 0.3) is 5.91 Å². The van der Waals surface area contributed by atoms with Crippen LogP contribution in [-0.4, -0.2) is 83.8 Å². The molecule has 10 nitrogen and oxygen atoms in total. The first-order valence-electron chi connectivity index (χ1n) is 11.4. The molecule has 1 unspecified atom stereocenters. The molecule has 2 aromatic carbocycles. The fraction of sp³-hybridized carbons (Fsp3) is 0.400. The molecule has 0 aliphatic carbocycles. The van der Waals surface area contributed by atoms with E-state index < -0.39 is 18.7 Å². The van der Waals surface area contributed by atoms with Crippen molar-refractivity contribution in [2.75, 3.05) is 45.2 Å². The van der Waals surface area contributed by atoms with Gasteiger partial charge in [0.05, 0.1) is 24.3 Å².